The number of primary amides is 1. The molecule has 1 saturated heterocycles. The van der Waals surface area contributed by atoms with Crippen LogP contribution in [0, 0.1) is 0 Å². The molecule has 0 atom stereocenters. The van der Waals surface area contributed by atoms with Gasteiger partial charge in [0.2, 0.25) is 5.91 Å². The van der Waals surface area contributed by atoms with E-state index in [0.29, 0.717) is 0 Å². The maximum absolute atomic E-state index is 12.4. The van der Waals surface area contributed by atoms with Gasteiger partial charge in [0.25, 0.3) is 0 Å². The first-order valence-corrected chi connectivity index (χ1v) is 7.86. The number of nitrogens with one attached hydrogen (secondary N) is 2. The van der Waals surface area contributed by atoms with E-state index in [0.717, 1.165) is 16.7 Å². The molecule has 0 spiro atoms. The summed E-state index contributed by atoms with van der Waals surface area (Å²) in [6.07, 6.45) is 0.0615. The van der Waals surface area contributed by atoms with E-state index in [-0.39, 0.29) is 25.7 Å². The number of rotatable bonds is 6. The summed E-state index contributed by atoms with van der Waals surface area (Å²) in [5.41, 5.74) is 6.92. The predicted molar refractivity (Wildman–Crippen MR) is 93.2 cm³/mol. The molecule has 4 N–H and O–H groups in total. The minimum atomic E-state index is -0.703. The van der Waals surface area contributed by atoms with Gasteiger partial charge in [-0.2, -0.15) is 0 Å². The van der Waals surface area contributed by atoms with E-state index in [1.54, 1.807) is 0 Å². The lowest BCUT2D eigenvalue weighted by molar-refractivity contribution is -0.127. The van der Waals surface area contributed by atoms with Crippen LogP contribution in [-0.2, 0) is 15.1 Å². The van der Waals surface area contributed by atoms with Crippen LogP contribution in [0.15, 0.2) is 30.8 Å². The molecular weight excluding hydrogens is 306 g/mol. The highest BCUT2D eigenvalue weighted by Crippen LogP contribution is 2.25. The molecule has 2 rings (SSSR count). The van der Waals surface area contributed by atoms with Gasteiger partial charge in [-0.1, -0.05) is 30.4 Å². The van der Waals surface area contributed by atoms with Gasteiger partial charge in [-0.15, -0.1) is 0 Å². The third kappa shape index (κ3) is 4.14. The maximum atomic E-state index is 12.4. The fraction of sp³-hybridized carbons (Fsp3) is 0.444. The molecule has 1 aliphatic rings. The van der Waals surface area contributed by atoms with Crippen LogP contribution >= 0.6 is 0 Å². The average molecular weight is 331 g/mol. The fourth-order valence-corrected chi connectivity index (χ4v) is 2.70. The maximum Gasteiger partial charge on any atom is 0.316 e. The van der Waals surface area contributed by atoms with E-state index in [1.807, 2.05) is 45.0 Å². The Balaban J connectivity index is 2.08. The number of amides is 3. The zero-order valence-electron chi connectivity index (χ0n) is 14.4. The summed E-state index contributed by atoms with van der Waals surface area (Å²) in [5, 5.41) is 5.78. The summed E-state index contributed by atoms with van der Waals surface area (Å²) >= 11 is 0. The minimum absolute atomic E-state index is 0.0615. The Morgan fingerprint density at radius 3 is 2.54 bits per heavy atom. The zero-order valence-corrected chi connectivity index (χ0v) is 14.4. The lowest BCUT2D eigenvalue weighted by Crippen LogP contribution is -2.66. The van der Waals surface area contributed by atoms with Crippen LogP contribution in [0.3, 0.4) is 0 Å². The van der Waals surface area contributed by atoms with Crippen LogP contribution in [0.4, 0.5) is 4.79 Å². The van der Waals surface area contributed by atoms with Crippen molar-refractivity contribution in [2.45, 2.75) is 38.3 Å². The van der Waals surface area contributed by atoms with Crippen molar-refractivity contribution in [2.75, 3.05) is 13.2 Å². The van der Waals surface area contributed by atoms with Crippen LogP contribution in [0.2, 0.25) is 0 Å². The molecule has 0 radical (unpaired) electrons. The first-order chi connectivity index (χ1) is 11.1. The number of allylic oxidation sites excluding steroid dienone is 1. The first kappa shape index (κ1) is 18.0. The molecular formula is C18H25N3O3. The topological polar surface area (TPSA) is 93.5 Å². The smallest absolute Gasteiger partial charge is 0.316 e. The Morgan fingerprint density at radius 1 is 1.38 bits per heavy atom. The molecule has 1 aromatic rings. The molecule has 6 nitrogen and oxygen atoms in total. The number of hydrogen-bond donors (Lipinski definition) is 3. The van der Waals surface area contributed by atoms with E-state index >= 15 is 0 Å². The Bertz CT molecular complexity index is 663. The second-order valence-corrected chi connectivity index (χ2v) is 6.98. The minimum Gasteiger partial charge on any atom is -0.376 e. The molecule has 3 amide bonds. The van der Waals surface area contributed by atoms with Crippen molar-refractivity contribution in [1.29, 1.82) is 0 Å². The zero-order chi connectivity index (χ0) is 18.0. The van der Waals surface area contributed by atoms with Gasteiger partial charge < -0.3 is 21.1 Å². The summed E-state index contributed by atoms with van der Waals surface area (Å²) in [6, 6.07) is 7.53. The molecule has 0 unspecified atom stereocenters. The molecule has 1 aromatic carbocycles. The number of carbonyl (C=O) groups is 2. The van der Waals surface area contributed by atoms with Gasteiger partial charge in [0.15, 0.2) is 0 Å². The summed E-state index contributed by atoms with van der Waals surface area (Å²) in [5.74, 6) is -0.466. The Labute approximate surface area is 142 Å². The van der Waals surface area contributed by atoms with Gasteiger partial charge in [0.1, 0.15) is 0 Å². The van der Waals surface area contributed by atoms with Gasteiger partial charge in [-0.25, -0.2) is 4.79 Å². The molecule has 0 aliphatic carbocycles. The molecule has 1 aliphatic heterocycles. The lowest BCUT2D eigenvalue weighted by Gasteiger charge is -2.42. The normalized spacial score (nSPS) is 16.0. The summed E-state index contributed by atoms with van der Waals surface area (Å²) < 4.78 is 5.14. The van der Waals surface area contributed by atoms with E-state index in [1.165, 1.54) is 0 Å². The highest BCUT2D eigenvalue weighted by atomic mass is 16.5. The molecule has 130 valence electrons. The third-order valence-electron chi connectivity index (χ3n) is 4.15. The van der Waals surface area contributed by atoms with E-state index in [9.17, 15) is 9.59 Å². The quantitative estimate of drug-likeness (QED) is 0.743. The fourth-order valence-electron chi connectivity index (χ4n) is 2.70. The van der Waals surface area contributed by atoms with Gasteiger partial charge >= 0.3 is 6.03 Å². The van der Waals surface area contributed by atoms with Crippen molar-refractivity contribution in [3.63, 3.8) is 0 Å². The van der Waals surface area contributed by atoms with Crippen molar-refractivity contribution >= 4 is 17.5 Å². The van der Waals surface area contributed by atoms with Crippen LogP contribution in [-0.4, -0.2) is 30.7 Å². The highest BCUT2D eigenvalue weighted by Gasteiger charge is 2.42. The van der Waals surface area contributed by atoms with E-state index < -0.39 is 17.0 Å². The average Bonchev–Trinajstić information content (AvgIpc) is 2.44. The largest absolute Gasteiger partial charge is 0.376 e. The first-order valence-electron chi connectivity index (χ1n) is 7.86. The van der Waals surface area contributed by atoms with Crippen LogP contribution in [0.5, 0.6) is 0 Å². The monoisotopic (exact) mass is 331 g/mol. The summed E-state index contributed by atoms with van der Waals surface area (Å²) in [4.78, 5) is 23.6. The molecule has 0 saturated carbocycles. The van der Waals surface area contributed by atoms with E-state index in [2.05, 4.69) is 17.2 Å². The number of ether oxygens (including phenoxy) is 1. The molecule has 1 fully saturated rings. The van der Waals surface area contributed by atoms with Gasteiger partial charge in [0, 0.05) is 0 Å². The molecule has 24 heavy (non-hydrogen) atoms. The number of nitrogens with two attached hydrogens (primary N) is 1. The highest BCUT2D eigenvalue weighted by molar-refractivity contribution is 5.80. The molecule has 0 bridgehead atoms. The Morgan fingerprint density at radius 2 is 2.04 bits per heavy atom. The third-order valence-corrected chi connectivity index (χ3v) is 4.15. The van der Waals surface area contributed by atoms with Crippen LogP contribution < -0.4 is 16.4 Å². The van der Waals surface area contributed by atoms with Crippen molar-refractivity contribution in [3.05, 3.63) is 42.0 Å². The SMILES string of the molecule is C=C(C)c1cccc(C(C)(C)NC(=O)NC2(CC(N)=O)COC2)c1. The Kier molecular flexibility index (Phi) is 4.99. The van der Waals surface area contributed by atoms with Crippen LogP contribution in [0.1, 0.15) is 38.3 Å². The van der Waals surface area contributed by atoms with Crippen molar-refractivity contribution in [3.8, 4) is 0 Å². The van der Waals surface area contributed by atoms with Crippen molar-refractivity contribution in [2.24, 2.45) is 5.73 Å². The number of urea groups is 1. The van der Waals surface area contributed by atoms with Crippen LogP contribution in [0.25, 0.3) is 5.57 Å². The van der Waals surface area contributed by atoms with Crippen molar-refractivity contribution < 1.29 is 14.3 Å². The number of hydrogen-bond acceptors (Lipinski definition) is 3. The molecule has 1 heterocycles. The summed E-state index contributed by atoms with van der Waals surface area (Å²) in [6.45, 7) is 10.3. The van der Waals surface area contributed by atoms with Gasteiger partial charge in [0.05, 0.1) is 30.7 Å². The second kappa shape index (κ2) is 6.65. The van der Waals surface area contributed by atoms with Gasteiger partial charge in [-0.3, -0.25) is 4.79 Å². The second-order valence-electron chi connectivity index (χ2n) is 6.98. The standard InChI is InChI=1S/C18H25N3O3/c1-12(2)13-6-5-7-14(8-13)17(3,4)20-16(23)21-18(9-15(19)22)10-24-11-18/h5-8H,1,9-11H2,2-4H3,(H2,19,22)(H2,20,21,23). The predicted octanol–water partition coefficient (Wildman–Crippen LogP) is 1.90. The van der Waals surface area contributed by atoms with E-state index in [4.69, 9.17) is 10.5 Å². The number of carbonyl (C=O) groups excluding carboxylic acids is 2. The molecule has 0 aromatic heterocycles. The van der Waals surface area contributed by atoms with Gasteiger partial charge in [-0.05, 0) is 38.0 Å². The number of benzene rings is 1. The molecule has 6 heteroatoms. The summed E-state index contributed by atoms with van der Waals surface area (Å²) in [7, 11) is 0. The van der Waals surface area contributed by atoms with Crippen molar-refractivity contribution in [1.82, 2.24) is 10.6 Å². The Hall–Kier alpha value is -2.34. The lowest BCUT2D eigenvalue weighted by atomic mass is 9.91.